The lowest BCUT2D eigenvalue weighted by molar-refractivity contribution is -0.113. The number of carbonyl (C=O) groups excluding carboxylic acids is 2. The lowest BCUT2D eigenvalue weighted by Gasteiger charge is -2.09. The van der Waals surface area contributed by atoms with Crippen molar-refractivity contribution in [2.24, 2.45) is 0 Å². The summed E-state index contributed by atoms with van der Waals surface area (Å²) in [5.41, 5.74) is 3.31. The van der Waals surface area contributed by atoms with E-state index in [4.69, 9.17) is 4.42 Å². The Hall–Kier alpha value is -3.78. The number of anilines is 1. The van der Waals surface area contributed by atoms with Crippen molar-refractivity contribution in [1.29, 1.82) is 0 Å². The van der Waals surface area contributed by atoms with Crippen LogP contribution < -0.4 is 10.6 Å². The Balaban J connectivity index is 1.34. The van der Waals surface area contributed by atoms with Crippen LogP contribution in [0.25, 0.3) is 5.69 Å². The van der Waals surface area contributed by atoms with E-state index in [-0.39, 0.29) is 17.6 Å². The zero-order valence-corrected chi connectivity index (χ0v) is 19.2. The van der Waals surface area contributed by atoms with E-state index in [9.17, 15) is 9.59 Å². The van der Waals surface area contributed by atoms with Gasteiger partial charge in [-0.25, -0.2) is 4.98 Å². The molecule has 2 N–H and O–H groups in total. The van der Waals surface area contributed by atoms with Crippen LogP contribution in [0.1, 0.15) is 27.4 Å². The van der Waals surface area contributed by atoms with Gasteiger partial charge in [0.05, 0.1) is 12.3 Å². The number of aryl methyl sites for hydroxylation is 2. The number of thioether (sulfide) groups is 1. The lowest BCUT2D eigenvalue weighted by atomic mass is 10.2. The Morgan fingerprint density at radius 3 is 2.45 bits per heavy atom. The van der Waals surface area contributed by atoms with Gasteiger partial charge < -0.3 is 15.1 Å². The van der Waals surface area contributed by atoms with E-state index in [0.29, 0.717) is 23.0 Å². The Morgan fingerprint density at radius 1 is 1.00 bits per heavy atom. The predicted molar refractivity (Wildman–Crippen MR) is 129 cm³/mol. The molecule has 168 valence electrons. The summed E-state index contributed by atoms with van der Waals surface area (Å²) in [6.45, 7) is 4.20. The monoisotopic (exact) mass is 460 g/mol. The highest BCUT2D eigenvalue weighted by Gasteiger charge is 2.11. The fourth-order valence-corrected chi connectivity index (χ4v) is 3.95. The predicted octanol–water partition coefficient (Wildman–Crippen LogP) is 4.74. The zero-order chi connectivity index (χ0) is 23.2. The summed E-state index contributed by atoms with van der Waals surface area (Å²) in [7, 11) is 0. The van der Waals surface area contributed by atoms with E-state index in [1.165, 1.54) is 11.8 Å². The van der Waals surface area contributed by atoms with Crippen LogP contribution in [0.5, 0.6) is 0 Å². The average molecular weight is 461 g/mol. The molecule has 7 nitrogen and oxygen atoms in total. The van der Waals surface area contributed by atoms with Gasteiger partial charge in [-0.05, 0) is 62.4 Å². The fourth-order valence-electron chi connectivity index (χ4n) is 3.18. The number of amides is 2. The Bertz CT molecular complexity index is 1240. The molecule has 0 bridgehead atoms. The molecule has 2 heterocycles. The molecule has 2 aromatic carbocycles. The molecule has 8 heteroatoms. The van der Waals surface area contributed by atoms with Crippen LogP contribution >= 0.6 is 11.8 Å². The molecule has 0 saturated heterocycles. The molecule has 0 aliphatic rings. The van der Waals surface area contributed by atoms with Crippen LogP contribution in [-0.4, -0.2) is 27.1 Å². The van der Waals surface area contributed by atoms with Crippen LogP contribution in [0.4, 0.5) is 5.69 Å². The van der Waals surface area contributed by atoms with Crippen LogP contribution in [0.2, 0.25) is 0 Å². The molecule has 0 fully saturated rings. The standard InChI is InChI=1S/C25H24N4O3S/c1-17-3-8-20(9-4-17)28-23(30)16-33-25-26-13-14-29(25)21-10-6-19(7-11-21)24(31)27-15-22-12-5-18(2)32-22/h3-14H,15-16H2,1-2H3,(H,27,31)(H,28,30). The number of hydrogen-bond acceptors (Lipinski definition) is 5. The first-order valence-corrected chi connectivity index (χ1v) is 11.4. The number of aromatic nitrogens is 2. The van der Waals surface area contributed by atoms with E-state index < -0.39 is 0 Å². The van der Waals surface area contributed by atoms with Crippen molar-refractivity contribution in [3.8, 4) is 5.69 Å². The molecule has 0 saturated carbocycles. The summed E-state index contributed by atoms with van der Waals surface area (Å²) in [4.78, 5) is 29.1. The number of imidazole rings is 1. The van der Waals surface area contributed by atoms with Crippen LogP contribution in [0.3, 0.4) is 0 Å². The van der Waals surface area contributed by atoms with Gasteiger partial charge in [0.15, 0.2) is 5.16 Å². The number of hydrogen-bond donors (Lipinski definition) is 2. The molecule has 0 unspecified atom stereocenters. The van der Waals surface area contributed by atoms with Crippen molar-refractivity contribution in [2.45, 2.75) is 25.5 Å². The van der Waals surface area contributed by atoms with Crippen molar-refractivity contribution in [3.05, 3.63) is 95.7 Å². The smallest absolute Gasteiger partial charge is 0.251 e. The minimum absolute atomic E-state index is 0.0998. The minimum Gasteiger partial charge on any atom is -0.465 e. The van der Waals surface area contributed by atoms with Gasteiger partial charge in [0.25, 0.3) is 5.91 Å². The molecule has 0 aliphatic carbocycles. The molecule has 2 aromatic heterocycles. The highest BCUT2D eigenvalue weighted by atomic mass is 32.2. The number of nitrogens with zero attached hydrogens (tertiary/aromatic N) is 2. The maximum atomic E-state index is 12.4. The topological polar surface area (TPSA) is 89.2 Å². The highest BCUT2D eigenvalue weighted by molar-refractivity contribution is 7.99. The van der Waals surface area contributed by atoms with E-state index in [0.717, 1.165) is 22.7 Å². The summed E-state index contributed by atoms with van der Waals surface area (Å²) < 4.78 is 7.36. The van der Waals surface area contributed by atoms with Gasteiger partial charge in [0.1, 0.15) is 11.5 Å². The summed E-state index contributed by atoms with van der Waals surface area (Å²) in [5, 5.41) is 6.43. The molecule has 0 spiro atoms. The van der Waals surface area contributed by atoms with Crippen molar-refractivity contribution < 1.29 is 14.0 Å². The van der Waals surface area contributed by atoms with Crippen LogP contribution in [-0.2, 0) is 11.3 Å². The summed E-state index contributed by atoms with van der Waals surface area (Å²) >= 11 is 1.35. The Labute approximate surface area is 196 Å². The number of furan rings is 1. The summed E-state index contributed by atoms with van der Waals surface area (Å²) in [6.07, 6.45) is 3.51. The first kappa shape index (κ1) is 22.4. The van der Waals surface area contributed by atoms with Crippen molar-refractivity contribution >= 4 is 29.3 Å². The molecular formula is C25H24N4O3S. The fraction of sp³-hybridized carbons (Fsp3) is 0.160. The van der Waals surface area contributed by atoms with Gasteiger partial charge >= 0.3 is 0 Å². The molecule has 4 aromatic rings. The quantitative estimate of drug-likeness (QED) is 0.371. The van der Waals surface area contributed by atoms with Crippen molar-refractivity contribution in [2.75, 3.05) is 11.1 Å². The first-order valence-electron chi connectivity index (χ1n) is 10.4. The van der Waals surface area contributed by atoms with Gasteiger partial charge in [-0.15, -0.1) is 0 Å². The van der Waals surface area contributed by atoms with Crippen LogP contribution in [0, 0.1) is 13.8 Å². The third-order valence-corrected chi connectivity index (χ3v) is 5.87. The second-order valence-corrected chi connectivity index (χ2v) is 8.47. The first-order chi connectivity index (χ1) is 16.0. The molecular weight excluding hydrogens is 436 g/mol. The summed E-state index contributed by atoms with van der Waals surface area (Å²) in [6, 6.07) is 18.6. The zero-order valence-electron chi connectivity index (χ0n) is 18.4. The van der Waals surface area contributed by atoms with Crippen molar-refractivity contribution in [1.82, 2.24) is 14.9 Å². The summed E-state index contributed by atoms with van der Waals surface area (Å²) in [5.74, 6) is 1.48. The molecule has 0 radical (unpaired) electrons. The number of rotatable bonds is 8. The number of carbonyl (C=O) groups is 2. The second kappa shape index (κ2) is 10.2. The van der Waals surface area contributed by atoms with Crippen molar-refractivity contribution in [3.63, 3.8) is 0 Å². The SMILES string of the molecule is Cc1ccc(NC(=O)CSc2nccn2-c2ccc(C(=O)NCc3ccc(C)o3)cc2)cc1. The largest absolute Gasteiger partial charge is 0.465 e. The van der Waals surface area contributed by atoms with Gasteiger partial charge in [-0.2, -0.15) is 0 Å². The maximum Gasteiger partial charge on any atom is 0.251 e. The number of nitrogens with one attached hydrogen (secondary N) is 2. The number of benzene rings is 2. The molecule has 2 amide bonds. The van der Waals surface area contributed by atoms with E-state index in [2.05, 4.69) is 15.6 Å². The molecule has 0 atom stereocenters. The second-order valence-electron chi connectivity index (χ2n) is 7.52. The molecule has 33 heavy (non-hydrogen) atoms. The molecule has 4 rings (SSSR count). The van der Waals surface area contributed by atoms with Gasteiger partial charge in [0.2, 0.25) is 5.91 Å². The van der Waals surface area contributed by atoms with E-state index >= 15 is 0 Å². The average Bonchev–Trinajstić information content (AvgIpc) is 3.46. The lowest BCUT2D eigenvalue weighted by Crippen LogP contribution is -2.22. The van der Waals surface area contributed by atoms with Gasteiger partial charge in [-0.3, -0.25) is 14.2 Å². The third kappa shape index (κ3) is 5.93. The Morgan fingerprint density at radius 2 is 1.76 bits per heavy atom. The highest BCUT2D eigenvalue weighted by Crippen LogP contribution is 2.21. The van der Waals surface area contributed by atoms with Gasteiger partial charge in [-0.1, -0.05) is 29.5 Å². The third-order valence-electron chi connectivity index (χ3n) is 4.90. The van der Waals surface area contributed by atoms with Crippen LogP contribution in [0.15, 0.2) is 82.6 Å². The maximum absolute atomic E-state index is 12.4. The normalized spacial score (nSPS) is 10.7. The minimum atomic E-state index is -0.177. The molecule has 0 aliphatic heterocycles. The van der Waals surface area contributed by atoms with Gasteiger partial charge in [0, 0.05) is 29.3 Å². The Kier molecular flexibility index (Phi) is 6.95. The van der Waals surface area contributed by atoms with E-state index in [1.54, 1.807) is 18.3 Å². The van der Waals surface area contributed by atoms with E-state index in [1.807, 2.05) is 73.1 Å².